The Morgan fingerprint density at radius 3 is 3.25 bits per heavy atom. The summed E-state index contributed by atoms with van der Waals surface area (Å²) in [5.41, 5.74) is 0.849. The zero-order valence-electron chi connectivity index (χ0n) is 11.1. The van der Waals surface area contributed by atoms with E-state index < -0.39 is 0 Å². The van der Waals surface area contributed by atoms with Gasteiger partial charge in [0.2, 0.25) is 5.82 Å². The minimum atomic E-state index is -0.196. The van der Waals surface area contributed by atoms with Crippen molar-refractivity contribution >= 4 is 11.7 Å². The van der Waals surface area contributed by atoms with E-state index in [2.05, 4.69) is 20.5 Å². The second-order valence-corrected chi connectivity index (χ2v) is 5.44. The van der Waals surface area contributed by atoms with Crippen LogP contribution >= 0.6 is 0 Å². The molecule has 0 aromatic carbocycles. The topological polar surface area (TPSA) is 81.4 Å². The Labute approximate surface area is 115 Å². The van der Waals surface area contributed by atoms with E-state index in [0.717, 1.165) is 25.1 Å². The highest BCUT2D eigenvalue weighted by Gasteiger charge is 2.46. The summed E-state index contributed by atoms with van der Waals surface area (Å²) >= 11 is 0. The molecule has 7 nitrogen and oxygen atoms in total. The van der Waals surface area contributed by atoms with Crippen LogP contribution < -0.4 is 5.32 Å². The monoisotopic (exact) mass is 273 g/mol. The molecule has 2 aliphatic rings. The van der Waals surface area contributed by atoms with Crippen LogP contribution in [0.1, 0.15) is 29.2 Å². The third-order valence-electron chi connectivity index (χ3n) is 4.20. The van der Waals surface area contributed by atoms with E-state index in [0.29, 0.717) is 17.8 Å². The van der Waals surface area contributed by atoms with Crippen molar-refractivity contribution < 1.29 is 9.53 Å². The van der Waals surface area contributed by atoms with Crippen LogP contribution in [0.25, 0.3) is 5.78 Å². The first kappa shape index (κ1) is 11.8. The first-order valence-electron chi connectivity index (χ1n) is 6.83. The Morgan fingerprint density at radius 1 is 1.50 bits per heavy atom. The number of nitrogens with zero attached hydrogens (tertiary/aromatic N) is 4. The SMILES string of the molecule is Cc1ccn2c(C(=O)N[C@@H]3C[C@H]4OCC[C@@H]34)nnc2n1. The lowest BCUT2D eigenvalue weighted by molar-refractivity contribution is 0.00793. The quantitative estimate of drug-likeness (QED) is 0.853. The van der Waals surface area contributed by atoms with Crippen LogP contribution in [0.3, 0.4) is 0 Å². The van der Waals surface area contributed by atoms with Gasteiger partial charge in [-0.1, -0.05) is 0 Å². The Balaban J connectivity index is 1.55. The van der Waals surface area contributed by atoms with Gasteiger partial charge in [0.25, 0.3) is 11.7 Å². The highest BCUT2D eigenvalue weighted by Crippen LogP contribution is 2.38. The molecule has 1 saturated carbocycles. The standard InChI is InChI=1S/C13H15N5O2/c1-7-2-4-18-11(16-17-13(18)14-7)12(19)15-9-6-10-8(9)3-5-20-10/h2,4,8-10H,3,5-6H2,1H3,(H,15,19)/t8-,9+,10+/m0/s1. The van der Waals surface area contributed by atoms with Crippen molar-refractivity contribution in [2.24, 2.45) is 5.92 Å². The molecule has 3 heterocycles. The number of rotatable bonds is 2. The highest BCUT2D eigenvalue weighted by atomic mass is 16.5. The number of ether oxygens (including phenoxy) is 1. The van der Waals surface area contributed by atoms with Crippen molar-refractivity contribution in [1.82, 2.24) is 24.9 Å². The molecule has 3 atom stereocenters. The van der Waals surface area contributed by atoms with E-state index in [1.54, 1.807) is 10.6 Å². The van der Waals surface area contributed by atoms with Gasteiger partial charge in [-0.3, -0.25) is 9.20 Å². The summed E-state index contributed by atoms with van der Waals surface area (Å²) in [5, 5.41) is 10.9. The van der Waals surface area contributed by atoms with Crippen LogP contribution in [0.5, 0.6) is 0 Å². The van der Waals surface area contributed by atoms with Crippen LogP contribution in [0, 0.1) is 12.8 Å². The van der Waals surface area contributed by atoms with Gasteiger partial charge in [0, 0.05) is 30.5 Å². The lowest BCUT2D eigenvalue weighted by atomic mass is 9.76. The minimum Gasteiger partial charge on any atom is -0.378 e. The second kappa shape index (κ2) is 4.24. The molecule has 1 N–H and O–H groups in total. The van der Waals surface area contributed by atoms with E-state index >= 15 is 0 Å². The maximum absolute atomic E-state index is 12.3. The molecular formula is C13H15N5O2. The number of aryl methyl sites for hydroxylation is 1. The molecule has 1 amide bonds. The van der Waals surface area contributed by atoms with E-state index in [1.165, 1.54) is 0 Å². The molecule has 104 valence electrons. The molecule has 2 aromatic rings. The predicted molar refractivity (Wildman–Crippen MR) is 69.2 cm³/mol. The lowest BCUT2D eigenvalue weighted by Crippen LogP contribution is -2.53. The van der Waals surface area contributed by atoms with Crippen molar-refractivity contribution in [2.45, 2.75) is 31.9 Å². The summed E-state index contributed by atoms with van der Waals surface area (Å²) in [6.07, 6.45) is 4.02. The normalized spacial score (nSPS) is 28.1. The Bertz CT molecular complexity index is 682. The fourth-order valence-electron chi connectivity index (χ4n) is 3.03. The lowest BCUT2D eigenvalue weighted by Gasteiger charge is -2.39. The molecule has 2 aromatic heterocycles. The van der Waals surface area contributed by atoms with Gasteiger partial charge in [0.1, 0.15) is 0 Å². The minimum absolute atomic E-state index is 0.195. The van der Waals surface area contributed by atoms with Gasteiger partial charge < -0.3 is 10.1 Å². The molecule has 1 aliphatic carbocycles. The van der Waals surface area contributed by atoms with E-state index in [4.69, 9.17) is 4.74 Å². The Hall–Kier alpha value is -2.02. The van der Waals surface area contributed by atoms with Crippen LogP contribution in [0.4, 0.5) is 0 Å². The van der Waals surface area contributed by atoms with Gasteiger partial charge in [-0.25, -0.2) is 4.98 Å². The smallest absolute Gasteiger partial charge is 0.289 e. The number of nitrogens with one attached hydrogen (secondary N) is 1. The summed E-state index contributed by atoms with van der Waals surface area (Å²) < 4.78 is 7.16. The molecule has 0 unspecified atom stereocenters. The summed E-state index contributed by atoms with van der Waals surface area (Å²) in [7, 11) is 0. The van der Waals surface area contributed by atoms with E-state index in [1.807, 2.05) is 13.0 Å². The van der Waals surface area contributed by atoms with Crippen molar-refractivity contribution in [3.05, 3.63) is 23.8 Å². The molecule has 7 heteroatoms. The van der Waals surface area contributed by atoms with Crippen LogP contribution in [0.15, 0.2) is 12.3 Å². The van der Waals surface area contributed by atoms with Crippen molar-refractivity contribution in [3.8, 4) is 0 Å². The maximum atomic E-state index is 12.3. The summed E-state index contributed by atoms with van der Waals surface area (Å²) in [6.45, 7) is 2.68. The number of hydrogen-bond acceptors (Lipinski definition) is 5. The molecular weight excluding hydrogens is 258 g/mol. The molecule has 20 heavy (non-hydrogen) atoms. The van der Waals surface area contributed by atoms with Gasteiger partial charge >= 0.3 is 0 Å². The zero-order valence-corrected chi connectivity index (χ0v) is 11.1. The van der Waals surface area contributed by atoms with Crippen LogP contribution in [-0.4, -0.2) is 44.2 Å². The van der Waals surface area contributed by atoms with E-state index in [-0.39, 0.29) is 17.8 Å². The Morgan fingerprint density at radius 2 is 2.40 bits per heavy atom. The summed E-state index contributed by atoms with van der Waals surface area (Å²) in [6, 6.07) is 2.03. The molecule has 2 fully saturated rings. The number of carbonyl (C=O) groups is 1. The van der Waals surface area contributed by atoms with E-state index in [9.17, 15) is 4.79 Å². The van der Waals surface area contributed by atoms with Crippen LogP contribution in [-0.2, 0) is 4.74 Å². The molecule has 1 saturated heterocycles. The Kier molecular flexibility index (Phi) is 2.50. The van der Waals surface area contributed by atoms with Crippen molar-refractivity contribution in [1.29, 1.82) is 0 Å². The number of hydrogen-bond donors (Lipinski definition) is 1. The number of carbonyl (C=O) groups excluding carboxylic acids is 1. The molecule has 4 rings (SSSR count). The third-order valence-corrected chi connectivity index (χ3v) is 4.20. The van der Waals surface area contributed by atoms with Gasteiger partial charge in [0.05, 0.1) is 6.10 Å². The van der Waals surface area contributed by atoms with Crippen molar-refractivity contribution in [3.63, 3.8) is 0 Å². The third kappa shape index (κ3) is 1.70. The zero-order chi connectivity index (χ0) is 13.7. The highest BCUT2D eigenvalue weighted by molar-refractivity contribution is 5.91. The first-order chi connectivity index (χ1) is 9.72. The number of aromatic nitrogens is 4. The second-order valence-electron chi connectivity index (χ2n) is 5.44. The summed E-state index contributed by atoms with van der Waals surface area (Å²) in [5.74, 6) is 0.998. The van der Waals surface area contributed by atoms with Gasteiger partial charge in [-0.2, -0.15) is 0 Å². The number of amides is 1. The fraction of sp³-hybridized carbons (Fsp3) is 0.538. The van der Waals surface area contributed by atoms with Gasteiger partial charge in [-0.15, -0.1) is 10.2 Å². The molecule has 0 spiro atoms. The van der Waals surface area contributed by atoms with Crippen molar-refractivity contribution in [2.75, 3.05) is 6.61 Å². The van der Waals surface area contributed by atoms with Gasteiger partial charge in [-0.05, 0) is 25.8 Å². The van der Waals surface area contributed by atoms with Gasteiger partial charge in [0.15, 0.2) is 0 Å². The van der Waals surface area contributed by atoms with Crippen LogP contribution in [0.2, 0.25) is 0 Å². The summed E-state index contributed by atoms with van der Waals surface area (Å²) in [4.78, 5) is 16.5. The molecule has 1 aliphatic heterocycles. The maximum Gasteiger partial charge on any atom is 0.289 e. The average molecular weight is 273 g/mol. The molecule has 0 bridgehead atoms. The molecule has 0 radical (unpaired) electrons. The number of fused-ring (bicyclic) bond motifs is 2. The fourth-order valence-corrected chi connectivity index (χ4v) is 3.03. The predicted octanol–water partition coefficient (Wildman–Crippen LogP) is 0.340. The first-order valence-corrected chi connectivity index (χ1v) is 6.83. The largest absolute Gasteiger partial charge is 0.378 e. The average Bonchev–Trinajstić information content (AvgIpc) is 2.99.